The molecule has 2 atom stereocenters. The lowest BCUT2D eigenvalue weighted by atomic mass is 10.2. The van der Waals surface area contributed by atoms with Gasteiger partial charge >= 0.3 is 19.8 Å². The maximum Gasteiger partial charge on any atom is 0.472 e. The summed E-state index contributed by atoms with van der Waals surface area (Å²) in [6.45, 7) is 3.30. The van der Waals surface area contributed by atoms with Crippen LogP contribution in [0.15, 0.2) is 134 Å². The summed E-state index contributed by atoms with van der Waals surface area (Å²) in [4.78, 5) is 34.8. The number of phosphoric acid groups is 1. The van der Waals surface area contributed by atoms with Crippen molar-refractivity contribution in [1.82, 2.24) is 0 Å². The highest BCUT2D eigenvalue weighted by atomic mass is 31.2. The lowest BCUT2D eigenvalue weighted by Gasteiger charge is -2.19. The van der Waals surface area contributed by atoms with Crippen LogP contribution < -0.4 is 5.73 Å². The molecule has 0 rings (SSSR count). The van der Waals surface area contributed by atoms with Crippen LogP contribution in [-0.4, -0.2) is 49.3 Å². The van der Waals surface area contributed by atoms with E-state index in [1.54, 1.807) is 0 Å². The van der Waals surface area contributed by atoms with Crippen molar-refractivity contribution in [3.05, 3.63) is 134 Å². The monoisotopic (exact) mass is 809 g/mol. The number of ether oxygens (including phenoxy) is 2. The molecule has 3 N–H and O–H groups in total. The molecule has 0 spiro atoms. The Kier molecular flexibility index (Phi) is 39.0. The summed E-state index contributed by atoms with van der Waals surface area (Å²) >= 11 is 0. The summed E-state index contributed by atoms with van der Waals surface area (Å²) in [6.07, 6.45) is 57.9. The quantitative estimate of drug-likeness (QED) is 0.0274. The van der Waals surface area contributed by atoms with Gasteiger partial charge in [0, 0.05) is 19.4 Å². The number of hydrogen-bond acceptors (Lipinski definition) is 8. The van der Waals surface area contributed by atoms with Gasteiger partial charge in [-0.05, 0) is 89.9 Å². The average Bonchev–Trinajstić information content (AvgIpc) is 3.20. The second-order valence-corrected chi connectivity index (χ2v) is 14.2. The third kappa shape index (κ3) is 41.6. The molecule has 0 aromatic heterocycles. The van der Waals surface area contributed by atoms with Gasteiger partial charge in [-0.1, -0.05) is 148 Å². The molecule has 0 aromatic rings. The van der Waals surface area contributed by atoms with Crippen LogP contribution in [0.25, 0.3) is 0 Å². The van der Waals surface area contributed by atoms with E-state index in [1.807, 2.05) is 18.2 Å². The van der Waals surface area contributed by atoms with Gasteiger partial charge in [-0.15, -0.1) is 0 Å². The van der Waals surface area contributed by atoms with Gasteiger partial charge in [0.05, 0.1) is 13.2 Å². The van der Waals surface area contributed by atoms with E-state index in [2.05, 4.69) is 129 Å². The predicted molar refractivity (Wildman–Crippen MR) is 237 cm³/mol. The second kappa shape index (κ2) is 41.8. The average molecular weight is 810 g/mol. The first-order valence-corrected chi connectivity index (χ1v) is 22.2. The number of phosphoric ester groups is 1. The number of carbonyl (C=O) groups excluding carboxylic acids is 2. The fourth-order valence-corrected chi connectivity index (χ4v) is 5.34. The zero-order valence-corrected chi connectivity index (χ0v) is 35.6. The van der Waals surface area contributed by atoms with Gasteiger partial charge in [-0.3, -0.25) is 18.6 Å². The van der Waals surface area contributed by atoms with Crippen LogP contribution in [0.4, 0.5) is 0 Å². The van der Waals surface area contributed by atoms with Crippen LogP contribution in [0.5, 0.6) is 0 Å². The van der Waals surface area contributed by atoms with Crippen LogP contribution in [-0.2, 0) is 32.7 Å². The molecule has 0 aromatic carbocycles. The Bertz CT molecular complexity index is 1380. The van der Waals surface area contributed by atoms with Crippen molar-refractivity contribution in [1.29, 1.82) is 0 Å². The zero-order valence-electron chi connectivity index (χ0n) is 34.8. The van der Waals surface area contributed by atoms with Crippen molar-refractivity contribution < 1.29 is 37.6 Å². The fraction of sp³-hybridized carbons (Fsp3) is 0.489. The third-order valence-electron chi connectivity index (χ3n) is 7.55. The minimum atomic E-state index is -4.42. The minimum Gasteiger partial charge on any atom is -0.462 e. The highest BCUT2D eigenvalue weighted by Crippen LogP contribution is 2.43. The summed E-state index contributed by atoms with van der Waals surface area (Å²) in [5.41, 5.74) is 5.33. The highest BCUT2D eigenvalue weighted by molar-refractivity contribution is 7.47. The standard InChI is InChI=1S/C47H72NO8P/c1-3-5-7-9-11-13-15-17-19-21-22-24-25-27-29-31-33-35-37-39-46(49)53-43-45(44-55-57(51,52)54-42-41-48)56-47(50)40-38-36-34-32-30-28-26-23-20-18-16-14-12-10-8-6-4-2/h5-8,11-14,17-20,22,24,26-29,32-35,45H,3-4,9-10,15-16,21,23,25,30-31,36-44,48H2,1-2H3,(H,51,52)/b7-5+,8-6+,13-11+,14-12+,19-17+,20-18+,24-22+,28-26+,29-27+,34-32+,35-33+/t45-/m1/s1. The lowest BCUT2D eigenvalue weighted by molar-refractivity contribution is -0.161. The number of nitrogens with two attached hydrogens (primary N) is 1. The molecule has 9 nitrogen and oxygen atoms in total. The third-order valence-corrected chi connectivity index (χ3v) is 8.53. The molecule has 57 heavy (non-hydrogen) atoms. The maximum absolute atomic E-state index is 12.5. The van der Waals surface area contributed by atoms with Crippen LogP contribution in [0.1, 0.15) is 117 Å². The van der Waals surface area contributed by atoms with Crippen LogP contribution in [0.3, 0.4) is 0 Å². The normalized spacial score (nSPS) is 14.7. The molecule has 318 valence electrons. The van der Waals surface area contributed by atoms with Crippen molar-refractivity contribution in [3.63, 3.8) is 0 Å². The van der Waals surface area contributed by atoms with Crippen molar-refractivity contribution >= 4 is 19.8 Å². The molecule has 0 bridgehead atoms. The Morgan fingerprint density at radius 2 is 0.912 bits per heavy atom. The molecular formula is C47H72NO8P. The molecule has 0 saturated carbocycles. The molecular weight excluding hydrogens is 737 g/mol. The molecule has 0 amide bonds. The van der Waals surface area contributed by atoms with Gasteiger partial charge in [0.2, 0.25) is 0 Å². The van der Waals surface area contributed by atoms with E-state index in [0.29, 0.717) is 19.3 Å². The van der Waals surface area contributed by atoms with Crippen molar-refractivity contribution in [3.8, 4) is 0 Å². The highest BCUT2D eigenvalue weighted by Gasteiger charge is 2.25. The van der Waals surface area contributed by atoms with Crippen LogP contribution in [0.2, 0.25) is 0 Å². The smallest absolute Gasteiger partial charge is 0.462 e. The van der Waals surface area contributed by atoms with Gasteiger partial charge < -0.3 is 20.1 Å². The Labute approximate surface area is 344 Å². The molecule has 0 aliphatic carbocycles. The first kappa shape index (κ1) is 53.1. The molecule has 0 heterocycles. The summed E-state index contributed by atoms with van der Waals surface area (Å²) in [6, 6.07) is 0. The number of carbonyl (C=O) groups is 2. The van der Waals surface area contributed by atoms with Gasteiger partial charge in [-0.25, -0.2) is 4.57 Å². The number of rotatable bonds is 36. The number of unbranched alkanes of at least 4 members (excludes halogenated alkanes) is 1. The predicted octanol–water partition coefficient (Wildman–Crippen LogP) is 11.9. The minimum absolute atomic E-state index is 0.0264. The molecule has 0 saturated heterocycles. The van der Waals surface area contributed by atoms with E-state index in [9.17, 15) is 19.0 Å². The molecule has 0 aliphatic heterocycles. The van der Waals surface area contributed by atoms with Crippen LogP contribution >= 0.6 is 7.82 Å². The number of hydrogen-bond donors (Lipinski definition) is 2. The van der Waals surface area contributed by atoms with Crippen molar-refractivity contribution in [2.75, 3.05) is 26.4 Å². The number of allylic oxidation sites excluding steroid dienone is 22. The topological polar surface area (TPSA) is 134 Å². The fourth-order valence-electron chi connectivity index (χ4n) is 4.58. The molecule has 10 heteroatoms. The summed E-state index contributed by atoms with van der Waals surface area (Å²) in [7, 11) is -4.42. The number of esters is 2. The van der Waals surface area contributed by atoms with Gasteiger partial charge in [0.15, 0.2) is 6.10 Å². The van der Waals surface area contributed by atoms with Crippen molar-refractivity contribution in [2.24, 2.45) is 5.73 Å². The second-order valence-electron chi connectivity index (χ2n) is 12.7. The largest absolute Gasteiger partial charge is 0.472 e. The Morgan fingerprint density at radius 1 is 0.526 bits per heavy atom. The first-order valence-electron chi connectivity index (χ1n) is 20.7. The zero-order chi connectivity index (χ0) is 41.8. The molecule has 0 radical (unpaired) electrons. The van der Waals surface area contributed by atoms with E-state index < -0.39 is 32.5 Å². The SMILES string of the molecule is CC/C=C/C/C=C/C/C=C/C/C=C/C/C=C/C/C=C/CCC(=O)OC[C@H](COP(=O)(O)OCCN)OC(=O)CCC/C=C/C/C=C/C/C=C/C/C=C/C/C=C/CC. The van der Waals surface area contributed by atoms with E-state index in [1.165, 1.54) is 0 Å². The molecule has 0 fully saturated rings. The van der Waals surface area contributed by atoms with E-state index in [-0.39, 0.29) is 32.6 Å². The Hall–Kier alpha value is -3.85. The van der Waals surface area contributed by atoms with E-state index in [0.717, 1.165) is 70.6 Å². The lowest BCUT2D eigenvalue weighted by Crippen LogP contribution is -2.29. The van der Waals surface area contributed by atoms with Gasteiger partial charge in [0.25, 0.3) is 0 Å². The van der Waals surface area contributed by atoms with E-state index in [4.69, 9.17) is 24.3 Å². The Morgan fingerprint density at radius 3 is 1.32 bits per heavy atom. The summed E-state index contributed by atoms with van der Waals surface area (Å²) in [5.74, 6) is -1.01. The van der Waals surface area contributed by atoms with Gasteiger partial charge in [0.1, 0.15) is 6.61 Å². The molecule has 1 unspecified atom stereocenters. The maximum atomic E-state index is 12.5. The summed E-state index contributed by atoms with van der Waals surface area (Å²) in [5, 5.41) is 0. The first-order chi connectivity index (χ1) is 27.8. The van der Waals surface area contributed by atoms with Crippen LogP contribution in [0, 0.1) is 0 Å². The van der Waals surface area contributed by atoms with E-state index >= 15 is 0 Å². The molecule has 0 aliphatic rings. The summed E-state index contributed by atoms with van der Waals surface area (Å²) < 4.78 is 32.6. The van der Waals surface area contributed by atoms with Gasteiger partial charge in [-0.2, -0.15) is 0 Å². The van der Waals surface area contributed by atoms with Crippen molar-refractivity contribution in [2.45, 2.75) is 123 Å². The Balaban J connectivity index is 4.44.